The van der Waals surface area contributed by atoms with E-state index in [-0.39, 0.29) is 31.0 Å². The van der Waals surface area contributed by atoms with Crippen LogP contribution in [-0.2, 0) is 17.0 Å². The van der Waals surface area contributed by atoms with E-state index in [0.29, 0.717) is 24.1 Å². The quantitative estimate of drug-likeness (QED) is 0.454. The first kappa shape index (κ1) is 17.8. The van der Waals surface area contributed by atoms with Crippen molar-refractivity contribution in [2.24, 2.45) is 0 Å². The molecule has 0 spiro atoms. The minimum absolute atomic E-state index is 0.0357. The van der Waals surface area contributed by atoms with Crippen molar-refractivity contribution >= 4 is 11.6 Å². The first-order valence-electron chi connectivity index (χ1n) is 7.82. The van der Waals surface area contributed by atoms with Gasteiger partial charge in [0.05, 0.1) is 6.42 Å². The zero-order chi connectivity index (χ0) is 17.3. The van der Waals surface area contributed by atoms with Gasteiger partial charge in [-0.3, -0.25) is 4.79 Å². The molecule has 7 nitrogen and oxygen atoms in total. The highest BCUT2D eigenvalue weighted by Gasteiger charge is 2.54. The summed E-state index contributed by atoms with van der Waals surface area (Å²) in [6.45, 7) is 4.29. The number of aliphatic hydroxyl groups is 4. The molecule has 0 atom stereocenters. The van der Waals surface area contributed by atoms with E-state index in [1.807, 2.05) is 13.8 Å². The van der Waals surface area contributed by atoms with Crippen molar-refractivity contribution in [2.45, 2.75) is 44.8 Å². The SMILES string of the molecule is CCCN(CCC)C(O)(O)C(O)(O)c1cccc2c1CC(=O)N2. The second kappa shape index (κ2) is 6.54. The lowest BCUT2D eigenvalue weighted by Gasteiger charge is -2.43. The maximum Gasteiger partial charge on any atom is 0.286 e. The average Bonchev–Trinajstić information content (AvgIpc) is 2.86. The highest BCUT2D eigenvalue weighted by molar-refractivity contribution is 5.99. The number of nitrogens with one attached hydrogen (secondary N) is 1. The number of anilines is 1. The average molecular weight is 324 g/mol. The second-order valence-electron chi connectivity index (χ2n) is 5.85. The van der Waals surface area contributed by atoms with Crippen LogP contribution in [0.1, 0.15) is 37.8 Å². The maximum absolute atomic E-state index is 11.6. The molecule has 0 saturated carbocycles. The lowest BCUT2D eigenvalue weighted by Crippen LogP contribution is -2.63. The molecular formula is C16H24N2O5. The molecule has 2 rings (SSSR count). The molecule has 0 radical (unpaired) electrons. The second-order valence-corrected chi connectivity index (χ2v) is 5.85. The van der Waals surface area contributed by atoms with Gasteiger partial charge in [0, 0.05) is 24.3 Å². The molecule has 5 N–H and O–H groups in total. The fourth-order valence-corrected chi connectivity index (χ4v) is 2.94. The van der Waals surface area contributed by atoms with Gasteiger partial charge in [-0.2, -0.15) is 0 Å². The van der Waals surface area contributed by atoms with E-state index in [4.69, 9.17) is 0 Å². The van der Waals surface area contributed by atoms with Gasteiger partial charge in [0.25, 0.3) is 11.7 Å². The van der Waals surface area contributed by atoms with Gasteiger partial charge in [-0.05, 0) is 24.5 Å². The summed E-state index contributed by atoms with van der Waals surface area (Å²) in [5, 5.41) is 44.7. The summed E-state index contributed by atoms with van der Waals surface area (Å²) in [4.78, 5) is 12.8. The fourth-order valence-electron chi connectivity index (χ4n) is 2.94. The molecule has 1 aliphatic heterocycles. The van der Waals surface area contributed by atoms with Crippen molar-refractivity contribution in [1.82, 2.24) is 4.90 Å². The number of rotatable bonds is 7. The molecule has 0 saturated heterocycles. The first-order valence-corrected chi connectivity index (χ1v) is 7.82. The third-order valence-electron chi connectivity index (χ3n) is 4.06. The lowest BCUT2D eigenvalue weighted by atomic mass is 9.93. The fraction of sp³-hybridized carbons (Fsp3) is 0.562. The Kier molecular flexibility index (Phi) is 5.07. The molecule has 128 valence electrons. The van der Waals surface area contributed by atoms with Crippen LogP contribution in [0.2, 0.25) is 0 Å². The summed E-state index contributed by atoms with van der Waals surface area (Å²) in [6, 6.07) is 4.55. The molecule has 0 aliphatic carbocycles. The minimum atomic E-state index is -2.94. The van der Waals surface area contributed by atoms with Crippen LogP contribution in [-0.4, -0.2) is 50.2 Å². The Morgan fingerprint density at radius 2 is 1.74 bits per heavy atom. The highest BCUT2D eigenvalue weighted by Crippen LogP contribution is 2.38. The smallest absolute Gasteiger partial charge is 0.286 e. The number of carbonyl (C=O) groups excluding carboxylic acids is 1. The van der Waals surface area contributed by atoms with E-state index in [9.17, 15) is 25.2 Å². The Hall–Kier alpha value is -1.51. The topological polar surface area (TPSA) is 113 Å². The van der Waals surface area contributed by atoms with E-state index >= 15 is 0 Å². The zero-order valence-corrected chi connectivity index (χ0v) is 13.4. The van der Waals surface area contributed by atoms with Crippen molar-refractivity contribution in [3.8, 4) is 0 Å². The third-order valence-corrected chi connectivity index (χ3v) is 4.06. The number of benzene rings is 1. The van der Waals surface area contributed by atoms with Crippen LogP contribution in [0.25, 0.3) is 0 Å². The molecule has 0 aromatic heterocycles. The molecule has 1 heterocycles. The molecule has 1 amide bonds. The summed E-state index contributed by atoms with van der Waals surface area (Å²) in [6.07, 6.45) is 1.20. The van der Waals surface area contributed by atoms with Crippen molar-refractivity contribution in [3.05, 3.63) is 29.3 Å². The van der Waals surface area contributed by atoms with Gasteiger partial charge in [-0.1, -0.05) is 26.0 Å². The number of fused-ring (bicyclic) bond motifs is 1. The molecule has 0 fully saturated rings. The van der Waals surface area contributed by atoms with Gasteiger partial charge in [0.15, 0.2) is 0 Å². The van der Waals surface area contributed by atoms with Crippen LogP contribution in [0, 0.1) is 0 Å². The summed E-state index contributed by atoms with van der Waals surface area (Å²) < 4.78 is 0. The van der Waals surface area contributed by atoms with Crippen molar-refractivity contribution < 1.29 is 25.2 Å². The van der Waals surface area contributed by atoms with Crippen molar-refractivity contribution in [1.29, 1.82) is 0 Å². The van der Waals surface area contributed by atoms with Crippen LogP contribution in [0.3, 0.4) is 0 Å². The van der Waals surface area contributed by atoms with E-state index < -0.39 is 11.7 Å². The maximum atomic E-state index is 11.6. The van der Waals surface area contributed by atoms with Crippen LogP contribution < -0.4 is 5.32 Å². The standard InChI is InChI=1S/C16H24N2O5/c1-3-8-18(9-4-2)16(22,23)15(20,21)12-6-5-7-13-11(12)10-14(19)17-13/h5-7,20-23H,3-4,8-10H2,1-2H3,(H,17,19). The van der Waals surface area contributed by atoms with Crippen molar-refractivity contribution in [3.63, 3.8) is 0 Å². The summed E-state index contributed by atoms with van der Waals surface area (Å²) in [5.41, 5.74) is 0.729. The Balaban J connectivity index is 2.45. The minimum Gasteiger partial charge on any atom is -0.357 e. The van der Waals surface area contributed by atoms with Gasteiger partial charge < -0.3 is 25.7 Å². The van der Waals surface area contributed by atoms with E-state index in [2.05, 4.69) is 5.32 Å². The zero-order valence-electron chi connectivity index (χ0n) is 13.4. The van der Waals surface area contributed by atoms with Crippen LogP contribution in [0.15, 0.2) is 18.2 Å². The number of amides is 1. The van der Waals surface area contributed by atoms with Gasteiger partial charge >= 0.3 is 0 Å². The summed E-state index contributed by atoms with van der Waals surface area (Å²) >= 11 is 0. The van der Waals surface area contributed by atoms with Crippen molar-refractivity contribution in [2.75, 3.05) is 18.4 Å². The van der Waals surface area contributed by atoms with E-state index in [1.54, 1.807) is 6.07 Å². The Bertz CT molecular complexity index is 580. The molecule has 7 heteroatoms. The van der Waals surface area contributed by atoms with Gasteiger partial charge in [-0.15, -0.1) is 0 Å². The van der Waals surface area contributed by atoms with E-state index in [0.717, 1.165) is 0 Å². The van der Waals surface area contributed by atoms with Gasteiger partial charge in [0.2, 0.25) is 5.91 Å². The molecule has 0 bridgehead atoms. The number of nitrogens with zero attached hydrogens (tertiary/aromatic N) is 1. The number of hydrogen-bond donors (Lipinski definition) is 5. The summed E-state index contributed by atoms with van der Waals surface area (Å²) in [7, 11) is 0. The van der Waals surface area contributed by atoms with Crippen LogP contribution in [0.4, 0.5) is 5.69 Å². The number of carbonyl (C=O) groups is 1. The lowest BCUT2D eigenvalue weighted by molar-refractivity contribution is -0.421. The predicted molar refractivity (Wildman–Crippen MR) is 84.2 cm³/mol. The first-order chi connectivity index (χ1) is 10.8. The van der Waals surface area contributed by atoms with E-state index in [1.165, 1.54) is 17.0 Å². The van der Waals surface area contributed by atoms with Gasteiger partial charge in [-0.25, -0.2) is 4.90 Å². The Labute approximate surface area is 135 Å². The molecule has 1 aromatic rings. The predicted octanol–water partition coefficient (Wildman–Crippen LogP) is 0.0790. The molecule has 23 heavy (non-hydrogen) atoms. The van der Waals surface area contributed by atoms with Crippen LogP contribution >= 0.6 is 0 Å². The monoisotopic (exact) mass is 324 g/mol. The molecule has 0 unspecified atom stereocenters. The third kappa shape index (κ3) is 3.11. The Morgan fingerprint density at radius 3 is 2.30 bits per heavy atom. The van der Waals surface area contributed by atoms with Gasteiger partial charge in [0.1, 0.15) is 0 Å². The molecule has 1 aromatic carbocycles. The molecule has 1 aliphatic rings. The number of hydrogen-bond acceptors (Lipinski definition) is 6. The van der Waals surface area contributed by atoms with Crippen LogP contribution in [0.5, 0.6) is 0 Å². The highest BCUT2D eigenvalue weighted by atomic mass is 16.6. The normalized spacial score (nSPS) is 15.0. The summed E-state index contributed by atoms with van der Waals surface area (Å²) in [5.74, 6) is -6.09. The molecular weight excluding hydrogens is 300 g/mol. The Morgan fingerprint density at radius 1 is 1.13 bits per heavy atom. The largest absolute Gasteiger partial charge is 0.357 e.